The lowest BCUT2D eigenvalue weighted by atomic mass is 9.65. The number of hydrogen-bond acceptors (Lipinski definition) is 7. The van der Waals surface area contributed by atoms with Crippen LogP contribution in [0, 0.1) is 20.9 Å². The van der Waals surface area contributed by atoms with Gasteiger partial charge in [-0.3, -0.25) is 20.5 Å². The van der Waals surface area contributed by atoms with Crippen LogP contribution in [-0.2, 0) is 0 Å². The van der Waals surface area contributed by atoms with Crippen LogP contribution in [-0.4, -0.2) is 27.5 Å². The summed E-state index contributed by atoms with van der Waals surface area (Å²) in [4.78, 5) is 23.0. The molecule has 2 heterocycles. The topological polar surface area (TPSA) is 87.4 Å². The molecule has 2 unspecified atom stereocenters. The van der Waals surface area contributed by atoms with Crippen LogP contribution in [0.5, 0.6) is 0 Å². The minimum Gasteiger partial charge on any atom is -0.347 e. The number of fused-ring (bicyclic) bond motifs is 2. The Balaban J connectivity index is 1.56. The molecule has 1 saturated heterocycles. The van der Waals surface area contributed by atoms with E-state index in [1.165, 1.54) is 6.33 Å². The number of nitro groups is 1. The van der Waals surface area contributed by atoms with E-state index in [2.05, 4.69) is 41.1 Å². The summed E-state index contributed by atoms with van der Waals surface area (Å²) < 4.78 is 0. The van der Waals surface area contributed by atoms with Gasteiger partial charge >= 0.3 is 5.69 Å². The second kappa shape index (κ2) is 8.27. The first kappa shape index (κ1) is 22.1. The van der Waals surface area contributed by atoms with E-state index in [1.54, 1.807) is 0 Å². The molecule has 5 rings (SSSR count). The molecule has 3 aromatic rings. The van der Waals surface area contributed by atoms with Gasteiger partial charge in [0.25, 0.3) is 0 Å². The molecule has 8 heteroatoms. The minimum atomic E-state index is -0.360. The number of benzene rings is 2. The van der Waals surface area contributed by atoms with E-state index < -0.39 is 0 Å². The van der Waals surface area contributed by atoms with Gasteiger partial charge in [0.2, 0.25) is 11.6 Å². The van der Waals surface area contributed by atoms with E-state index in [9.17, 15) is 10.1 Å². The Morgan fingerprint density at radius 2 is 1.62 bits per heavy atom. The molecular formula is C26H30N6O2. The first-order valence-electron chi connectivity index (χ1n) is 11.7. The van der Waals surface area contributed by atoms with E-state index in [4.69, 9.17) is 0 Å². The van der Waals surface area contributed by atoms with Gasteiger partial charge in [-0.15, -0.1) is 0 Å². The van der Waals surface area contributed by atoms with Crippen LogP contribution in [0.15, 0.2) is 67.0 Å². The maximum absolute atomic E-state index is 12.4. The van der Waals surface area contributed by atoms with Crippen LogP contribution < -0.4 is 15.3 Å². The Kier molecular flexibility index (Phi) is 5.38. The summed E-state index contributed by atoms with van der Waals surface area (Å²) in [7, 11) is 0. The van der Waals surface area contributed by atoms with Gasteiger partial charge in [0.15, 0.2) is 0 Å². The van der Waals surface area contributed by atoms with E-state index in [1.807, 2.05) is 65.7 Å². The molecule has 34 heavy (non-hydrogen) atoms. The molecule has 2 bridgehead atoms. The number of aromatic nitrogens is 2. The lowest BCUT2D eigenvalue weighted by Crippen LogP contribution is -2.35. The van der Waals surface area contributed by atoms with Gasteiger partial charge in [-0.05, 0) is 54.4 Å². The van der Waals surface area contributed by atoms with Gasteiger partial charge in [-0.1, -0.05) is 57.2 Å². The zero-order valence-corrected chi connectivity index (χ0v) is 19.8. The van der Waals surface area contributed by atoms with Crippen LogP contribution in [0.2, 0.25) is 0 Å². The average molecular weight is 459 g/mol. The molecule has 1 aromatic heterocycles. The quantitative estimate of drug-likeness (QED) is 0.360. The highest BCUT2D eigenvalue weighted by Gasteiger charge is 2.51. The van der Waals surface area contributed by atoms with Crippen molar-refractivity contribution in [1.82, 2.24) is 9.97 Å². The third kappa shape index (κ3) is 4.16. The molecule has 2 atom stereocenters. The zero-order chi connectivity index (χ0) is 23.9. The van der Waals surface area contributed by atoms with Crippen LogP contribution in [0.25, 0.3) is 0 Å². The number of hydrazine groups is 1. The summed E-state index contributed by atoms with van der Waals surface area (Å²) in [5.74, 6) is 0.573. The van der Waals surface area contributed by atoms with Gasteiger partial charge in [0.05, 0.1) is 16.3 Å². The first-order chi connectivity index (χ1) is 16.2. The highest BCUT2D eigenvalue weighted by Crippen LogP contribution is 2.54. The molecule has 1 N–H and O–H groups in total. The molecule has 0 radical (unpaired) electrons. The van der Waals surface area contributed by atoms with Crippen LogP contribution >= 0.6 is 0 Å². The van der Waals surface area contributed by atoms with Crippen molar-refractivity contribution in [2.75, 3.05) is 21.9 Å². The molecular weight excluding hydrogens is 428 g/mol. The maximum atomic E-state index is 12.4. The number of rotatable bonds is 6. The molecule has 1 saturated carbocycles. The second-order valence-electron chi connectivity index (χ2n) is 10.6. The zero-order valence-electron chi connectivity index (χ0n) is 19.8. The summed E-state index contributed by atoms with van der Waals surface area (Å²) in [6.07, 6.45) is 4.55. The fourth-order valence-electron chi connectivity index (χ4n) is 6.08. The van der Waals surface area contributed by atoms with Crippen molar-refractivity contribution in [3.8, 4) is 0 Å². The number of anilines is 4. The second-order valence-corrected chi connectivity index (χ2v) is 10.6. The lowest BCUT2D eigenvalue weighted by molar-refractivity contribution is -0.383. The number of nitrogens with zero attached hydrogens (tertiary/aromatic N) is 5. The number of para-hydroxylation sites is 2. The van der Waals surface area contributed by atoms with E-state index in [0.717, 1.165) is 37.2 Å². The van der Waals surface area contributed by atoms with E-state index >= 15 is 0 Å². The normalized spacial score (nSPS) is 22.9. The summed E-state index contributed by atoms with van der Waals surface area (Å²) in [5, 5.41) is 14.2. The van der Waals surface area contributed by atoms with Gasteiger partial charge in [-0.25, -0.2) is 9.97 Å². The van der Waals surface area contributed by atoms with E-state index in [-0.39, 0.29) is 33.3 Å². The molecule has 0 spiro atoms. The standard InChI is InChI=1S/C26H30N6O2/c1-25(2)14-21-15-26(3,16-25)17-30(21)24-22(32(33)34)23(27-18-28-24)29-31(19-10-6-4-7-11-19)20-12-8-5-9-13-20/h4-13,18,21H,14-17H2,1-3H3,(H,27,28,29). The van der Waals surface area contributed by atoms with E-state index in [0.29, 0.717) is 5.82 Å². The predicted molar refractivity (Wildman–Crippen MR) is 134 cm³/mol. The van der Waals surface area contributed by atoms with Crippen molar-refractivity contribution in [2.45, 2.75) is 46.1 Å². The third-order valence-electron chi connectivity index (χ3n) is 6.92. The first-order valence-corrected chi connectivity index (χ1v) is 11.7. The van der Waals surface area contributed by atoms with Gasteiger partial charge in [0.1, 0.15) is 6.33 Å². The van der Waals surface area contributed by atoms with Crippen molar-refractivity contribution >= 4 is 28.7 Å². The Hall–Kier alpha value is -3.68. The molecule has 1 aliphatic carbocycles. The molecule has 176 valence electrons. The summed E-state index contributed by atoms with van der Waals surface area (Å²) in [5.41, 5.74) is 5.14. The maximum Gasteiger partial charge on any atom is 0.355 e. The SMILES string of the molecule is CC1(C)CC2CC(C)(CN2c2ncnc(NN(c3ccccc3)c3ccccc3)c2[N+](=O)[O-])C1. The Labute approximate surface area is 199 Å². The molecule has 2 aromatic carbocycles. The minimum absolute atomic E-state index is 0.0895. The van der Waals surface area contributed by atoms with Crippen molar-refractivity contribution in [3.05, 3.63) is 77.1 Å². The lowest BCUT2D eigenvalue weighted by Gasteiger charge is -2.39. The smallest absolute Gasteiger partial charge is 0.347 e. The van der Waals surface area contributed by atoms with Crippen molar-refractivity contribution in [2.24, 2.45) is 10.8 Å². The van der Waals surface area contributed by atoms with Crippen molar-refractivity contribution in [1.29, 1.82) is 0 Å². The number of hydrogen-bond donors (Lipinski definition) is 1. The monoisotopic (exact) mass is 458 g/mol. The summed E-state index contributed by atoms with van der Waals surface area (Å²) >= 11 is 0. The fraction of sp³-hybridized carbons (Fsp3) is 0.385. The predicted octanol–water partition coefficient (Wildman–Crippen LogP) is 5.96. The fourth-order valence-corrected chi connectivity index (χ4v) is 6.08. The van der Waals surface area contributed by atoms with Gasteiger partial charge in [0, 0.05) is 12.6 Å². The van der Waals surface area contributed by atoms with Crippen LogP contribution in [0.1, 0.15) is 40.0 Å². The highest BCUT2D eigenvalue weighted by atomic mass is 16.6. The third-order valence-corrected chi connectivity index (χ3v) is 6.92. The Morgan fingerprint density at radius 3 is 2.21 bits per heavy atom. The van der Waals surface area contributed by atoms with Gasteiger partial charge in [-0.2, -0.15) is 0 Å². The average Bonchev–Trinajstić information content (AvgIpc) is 3.06. The van der Waals surface area contributed by atoms with Crippen LogP contribution in [0.4, 0.5) is 28.7 Å². The molecule has 0 amide bonds. The number of nitrogens with one attached hydrogen (secondary N) is 1. The summed E-state index contributed by atoms with van der Waals surface area (Å²) in [6.45, 7) is 7.64. The molecule has 1 aliphatic heterocycles. The Morgan fingerprint density at radius 1 is 1.00 bits per heavy atom. The summed E-state index contributed by atoms with van der Waals surface area (Å²) in [6, 6.07) is 19.6. The van der Waals surface area contributed by atoms with Crippen molar-refractivity contribution < 1.29 is 4.92 Å². The van der Waals surface area contributed by atoms with Crippen LogP contribution in [0.3, 0.4) is 0 Å². The highest BCUT2D eigenvalue weighted by molar-refractivity contribution is 5.75. The molecule has 2 fully saturated rings. The Bertz CT molecular complexity index is 1150. The largest absolute Gasteiger partial charge is 0.355 e. The van der Waals surface area contributed by atoms with Crippen molar-refractivity contribution in [3.63, 3.8) is 0 Å². The molecule has 8 nitrogen and oxygen atoms in total. The molecule has 2 aliphatic rings. The van der Waals surface area contributed by atoms with Gasteiger partial charge < -0.3 is 4.90 Å².